The Labute approximate surface area is 148 Å². The van der Waals surface area contributed by atoms with Gasteiger partial charge in [-0.3, -0.25) is 4.79 Å². The summed E-state index contributed by atoms with van der Waals surface area (Å²) in [6.07, 6.45) is 3.23. The number of hydrogen-bond donors (Lipinski definition) is 1. The first-order chi connectivity index (χ1) is 12.0. The number of benzene rings is 2. The quantitative estimate of drug-likeness (QED) is 0.769. The minimum atomic E-state index is -0.244. The third-order valence-electron chi connectivity index (χ3n) is 3.34. The van der Waals surface area contributed by atoms with Crippen molar-refractivity contribution in [3.63, 3.8) is 0 Å². The minimum Gasteiger partial charge on any atom is -0.495 e. The van der Waals surface area contributed by atoms with E-state index in [4.69, 9.17) is 14.2 Å². The Morgan fingerprint density at radius 2 is 1.72 bits per heavy atom. The van der Waals surface area contributed by atoms with Gasteiger partial charge < -0.3 is 19.5 Å². The summed E-state index contributed by atoms with van der Waals surface area (Å²) in [4.78, 5) is 12.1. The first-order valence-corrected chi connectivity index (χ1v) is 8.00. The largest absolute Gasteiger partial charge is 0.495 e. The maximum Gasteiger partial charge on any atom is 0.248 e. The highest BCUT2D eigenvalue weighted by molar-refractivity contribution is 6.02. The van der Waals surface area contributed by atoms with Crippen LogP contribution in [0.2, 0.25) is 0 Å². The second-order valence-corrected chi connectivity index (χ2v) is 5.60. The summed E-state index contributed by atoms with van der Waals surface area (Å²) in [6, 6.07) is 12.8. The molecule has 0 aliphatic rings. The van der Waals surface area contributed by atoms with Crippen LogP contribution in [-0.4, -0.2) is 26.2 Å². The van der Waals surface area contributed by atoms with E-state index in [1.54, 1.807) is 32.4 Å². The maximum absolute atomic E-state index is 12.1. The SMILES string of the molecule is COc1ccccc1NC(=O)C=Cc1ccc(OC(C)C)c(OC)c1. The lowest BCUT2D eigenvalue weighted by Gasteiger charge is -2.13. The number of nitrogens with one attached hydrogen (secondary N) is 1. The number of carbonyl (C=O) groups excluding carboxylic acids is 1. The van der Waals surface area contributed by atoms with Crippen LogP contribution in [0.1, 0.15) is 19.4 Å². The van der Waals surface area contributed by atoms with Gasteiger partial charge in [0.2, 0.25) is 5.91 Å². The smallest absolute Gasteiger partial charge is 0.248 e. The molecule has 5 nitrogen and oxygen atoms in total. The van der Waals surface area contributed by atoms with Gasteiger partial charge in [-0.25, -0.2) is 0 Å². The van der Waals surface area contributed by atoms with E-state index in [1.807, 2.05) is 44.2 Å². The summed E-state index contributed by atoms with van der Waals surface area (Å²) in [5.41, 5.74) is 1.46. The Morgan fingerprint density at radius 3 is 2.40 bits per heavy atom. The van der Waals surface area contributed by atoms with Crippen molar-refractivity contribution in [1.82, 2.24) is 0 Å². The van der Waals surface area contributed by atoms with E-state index in [1.165, 1.54) is 6.08 Å². The zero-order valence-electron chi connectivity index (χ0n) is 14.9. The Hall–Kier alpha value is -2.95. The van der Waals surface area contributed by atoms with Gasteiger partial charge in [0.05, 0.1) is 26.0 Å². The van der Waals surface area contributed by atoms with Crippen molar-refractivity contribution in [2.75, 3.05) is 19.5 Å². The third-order valence-corrected chi connectivity index (χ3v) is 3.34. The molecule has 2 aromatic rings. The first-order valence-electron chi connectivity index (χ1n) is 8.00. The fourth-order valence-corrected chi connectivity index (χ4v) is 2.23. The van der Waals surface area contributed by atoms with Crippen LogP contribution >= 0.6 is 0 Å². The molecule has 1 amide bonds. The zero-order chi connectivity index (χ0) is 18.2. The molecule has 0 heterocycles. The summed E-state index contributed by atoms with van der Waals surface area (Å²) in [5, 5.41) is 2.79. The molecule has 0 spiro atoms. The van der Waals surface area contributed by atoms with Crippen molar-refractivity contribution in [2.45, 2.75) is 20.0 Å². The van der Waals surface area contributed by atoms with Crippen molar-refractivity contribution in [3.8, 4) is 17.2 Å². The van der Waals surface area contributed by atoms with E-state index in [0.29, 0.717) is 22.9 Å². The van der Waals surface area contributed by atoms with E-state index in [0.717, 1.165) is 5.56 Å². The zero-order valence-corrected chi connectivity index (χ0v) is 14.9. The number of rotatable bonds is 7. The number of ether oxygens (including phenoxy) is 3. The predicted molar refractivity (Wildman–Crippen MR) is 99.4 cm³/mol. The van der Waals surface area contributed by atoms with Gasteiger partial charge >= 0.3 is 0 Å². The van der Waals surface area contributed by atoms with Crippen LogP contribution in [-0.2, 0) is 4.79 Å². The lowest BCUT2D eigenvalue weighted by atomic mass is 10.2. The average Bonchev–Trinajstić information content (AvgIpc) is 2.60. The lowest BCUT2D eigenvalue weighted by molar-refractivity contribution is -0.111. The summed E-state index contributed by atoms with van der Waals surface area (Å²) in [7, 11) is 3.15. The van der Waals surface area contributed by atoms with Gasteiger partial charge in [-0.2, -0.15) is 0 Å². The number of amides is 1. The molecule has 1 N–H and O–H groups in total. The molecule has 0 fully saturated rings. The molecule has 0 unspecified atom stereocenters. The molecular formula is C20H23NO4. The van der Waals surface area contributed by atoms with Crippen molar-refractivity contribution in [2.24, 2.45) is 0 Å². The van der Waals surface area contributed by atoms with E-state index < -0.39 is 0 Å². The second-order valence-electron chi connectivity index (χ2n) is 5.60. The number of carbonyl (C=O) groups is 1. The molecule has 2 rings (SSSR count). The highest BCUT2D eigenvalue weighted by Crippen LogP contribution is 2.29. The monoisotopic (exact) mass is 341 g/mol. The van der Waals surface area contributed by atoms with Crippen LogP contribution in [0.3, 0.4) is 0 Å². The number of hydrogen-bond acceptors (Lipinski definition) is 4. The molecule has 0 radical (unpaired) electrons. The van der Waals surface area contributed by atoms with Crippen LogP contribution < -0.4 is 19.5 Å². The Kier molecular flexibility index (Phi) is 6.46. The van der Waals surface area contributed by atoms with Crippen molar-refractivity contribution >= 4 is 17.7 Å². The van der Waals surface area contributed by atoms with Gasteiger partial charge in [0.15, 0.2) is 11.5 Å². The van der Waals surface area contributed by atoms with Gasteiger partial charge in [-0.1, -0.05) is 18.2 Å². The van der Waals surface area contributed by atoms with Gasteiger partial charge in [-0.15, -0.1) is 0 Å². The number of anilines is 1. The molecule has 0 saturated heterocycles. The Balaban J connectivity index is 2.09. The van der Waals surface area contributed by atoms with Crippen LogP contribution in [0.4, 0.5) is 5.69 Å². The summed E-state index contributed by atoms with van der Waals surface area (Å²) in [6.45, 7) is 3.91. The second kappa shape index (κ2) is 8.78. The third kappa shape index (κ3) is 5.28. The van der Waals surface area contributed by atoms with Crippen molar-refractivity contribution < 1.29 is 19.0 Å². The molecule has 132 valence electrons. The van der Waals surface area contributed by atoms with Crippen LogP contribution in [0.5, 0.6) is 17.2 Å². The van der Waals surface area contributed by atoms with Gasteiger partial charge in [0.1, 0.15) is 5.75 Å². The van der Waals surface area contributed by atoms with Crippen LogP contribution in [0.25, 0.3) is 6.08 Å². The van der Waals surface area contributed by atoms with Crippen LogP contribution in [0, 0.1) is 0 Å². The van der Waals surface area contributed by atoms with E-state index in [9.17, 15) is 4.79 Å². The molecule has 0 bridgehead atoms. The Bertz CT molecular complexity index is 753. The fourth-order valence-electron chi connectivity index (χ4n) is 2.23. The van der Waals surface area contributed by atoms with Gasteiger partial charge in [0, 0.05) is 6.08 Å². The lowest BCUT2D eigenvalue weighted by Crippen LogP contribution is -2.08. The van der Waals surface area contributed by atoms with E-state index >= 15 is 0 Å². The summed E-state index contributed by atoms with van der Waals surface area (Å²) < 4.78 is 16.2. The fraction of sp³-hybridized carbons (Fsp3) is 0.250. The molecule has 0 aliphatic heterocycles. The number of methoxy groups -OCH3 is 2. The first kappa shape index (κ1) is 18.4. The molecule has 5 heteroatoms. The van der Waals surface area contributed by atoms with E-state index in [-0.39, 0.29) is 12.0 Å². The minimum absolute atomic E-state index is 0.0573. The van der Waals surface area contributed by atoms with Gasteiger partial charge in [-0.05, 0) is 49.8 Å². The predicted octanol–water partition coefficient (Wildman–Crippen LogP) is 4.14. The summed E-state index contributed by atoms with van der Waals surface area (Å²) >= 11 is 0. The highest BCUT2D eigenvalue weighted by atomic mass is 16.5. The average molecular weight is 341 g/mol. The molecule has 0 aromatic heterocycles. The van der Waals surface area contributed by atoms with Gasteiger partial charge in [0.25, 0.3) is 0 Å². The van der Waals surface area contributed by atoms with Crippen LogP contribution in [0.15, 0.2) is 48.5 Å². The Morgan fingerprint density at radius 1 is 1.00 bits per heavy atom. The molecule has 25 heavy (non-hydrogen) atoms. The summed E-state index contributed by atoms with van der Waals surface area (Å²) in [5.74, 6) is 1.67. The normalized spacial score (nSPS) is 10.8. The molecular weight excluding hydrogens is 318 g/mol. The molecule has 2 aromatic carbocycles. The molecule has 0 atom stereocenters. The molecule has 0 saturated carbocycles. The maximum atomic E-state index is 12.1. The van der Waals surface area contributed by atoms with Crippen molar-refractivity contribution in [1.29, 1.82) is 0 Å². The highest BCUT2D eigenvalue weighted by Gasteiger charge is 2.07. The molecule has 0 aliphatic carbocycles. The topological polar surface area (TPSA) is 56.8 Å². The van der Waals surface area contributed by atoms with E-state index in [2.05, 4.69) is 5.32 Å². The number of para-hydroxylation sites is 2. The van der Waals surface area contributed by atoms with Crippen molar-refractivity contribution in [3.05, 3.63) is 54.1 Å². The standard InChI is InChI=1S/C20H23NO4/c1-14(2)25-18-11-9-15(13-19(18)24-4)10-12-20(22)21-16-7-5-6-8-17(16)23-3/h5-14H,1-4H3,(H,21,22).